The van der Waals surface area contributed by atoms with E-state index in [2.05, 4.69) is 15.3 Å². The second-order valence-electron chi connectivity index (χ2n) is 5.76. The van der Waals surface area contributed by atoms with E-state index in [-0.39, 0.29) is 24.2 Å². The normalized spacial score (nSPS) is 18.4. The highest BCUT2D eigenvalue weighted by molar-refractivity contribution is 5.96. The largest absolute Gasteiger partial charge is 0.479 e. The van der Waals surface area contributed by atoms with E-state index in [9.17, 15) is 18.0 Å². The molecule has 1 saturated heterocycles. The van der Waals surface area contributed by atoms with E-state index in [0.29, 0.717) is 24.9 Å². The Bertz CT molecular complexity index is 770. The number of hydrogen-bond acceptors (Lipinski definition) is 6. The van der Waals surface area contributed by atoms with Crippen LogP contribution in [0.25, 0.3) is 0 Å². The Labute approximate surface area is 140 Å². The molecule has 25 heavy (non-hydrogen) atoms. The Balaban J connectivity index is 1.77. The van der Waals surface area contributed by atoms with Gasteiger partial charge < -0.3 is 14.1 Å². The van der Waals surface area contributed by atoms with Gasteiger partial charge in [-0.25, -0.2) is 0 Å². The Kier molecular flexibility index (Phi) is 4.39. The average molecular weight is 359 g/mol. The van der Waals surface area contributed by atoms with Crippen molar-refractivity contribution in [2.45, 2.75) is 24.9 Å². The van der Waals surface area contributed by atoms with Crippen molar-refractivity contribution in [3.05, 3.63) is 23.5 Å². The maximum absolute atomic E-state index is 12.7. The van der Waals surface area contributed by atoms with E-state index in [1.54, 1.807) is 13.2 Å². The van der Waals surface area contributed by atoms with Crippen molar-refractivity contribution in [2.24, 2.45) is 7.05 Å². The van der Waals surface area contributed by atoms with Gasteiger partial charge >= 0.3 is 12.1 Å². The molecule has 1 unspecified atom stereocenters. The van der Waals surface area contributed by atoms with E-state index in [1.165, 1.54) is 16.7 Å². The van der Waals surface area contributed by atoms with Gasteiger partial charge in [0.1, 0.15) is 5.56 Å². The number of halogens is 3. The van der Waals surface area contributed by atoms with Gasteiger partial charge in [-0.05, 0) is 12.8 Å². The Morgan fingerprint density at radius 3 is 2.80 bits per heavy atom. The molecule has 3 rings (SSSR count). The van der Waals surface area contributed by atoms with Gasteiger partial charge in [0.05, 0.1) is 13.0 Å². The van der Waals surface area contributed by atoms with Crippen LogP contribution in [-0.2, 0) is 13.2 Å². The predicted molar refractivity (Wildman–Crippen MR) is 76.9 cm³/mol. The molecule has 0 aliphatic carbocycles. The monoisotopic (exact) mass is 359 g/mol. The van der Waals surface area contributed by atoms with Crippen molar-refractivity contribution in [3.63, 3.8) is 0 Å². The number of aryl methyl sites for hydroxylation is 1. The van der Waals surface area contributed by atoms with Crippen LogP contribution in [0.5, 0.6) is 5.88 Å². The van der Waals surface area contributed by atoms with Crippen molar-refractivity contribution < 1.29 is 27.1 Å². The summed E-state index contributed by atoms with van der Waals surface area (Å²) in [6.45, 7) is 0.671. The zero-order valence-corrected chi connectivity index (χ0v) is 13.6. The number of piperidine rings is 1. The summed E-state index contributed by atoms with van der Waals surface area (Å²) in [6.07, 6.45) is -1.96. The quantitative estimate of drug-likeness (QED) is 0.831. The first kappa shape index (κ1) is 17.2. The van der Waals surface area contributed by atoms with Crippen LogP contribution in [0.4, 0.5) is 13.2 Å². The van der Waals surface area contributed by atoms with Crippen LogP contribution in [-0.4, -0.2) is 51.0 Å². The Hall–Kier alpha value is -2.59. The highest BCUT2D eigenvalue weighted by Crippen LogP contribution is 2.32. The second kappa shape index (κ2) is 6.37. The fraction of sp³-hybridized carbons (Fsp3) is 0.571. The molecule has 1 atom stereocenters. The summed E-state index contributed by atoms with van der Waals surface area (Å²) in [7, 11) is 3.07. The molecular formula is C14H16F3N5O3. The third kappa shape index (κ3) is 3.44. The Morgan fingerprint density at radius 1 is 1.40 bits per heavy atom. The number of hydrogen-bond donors (Lipinski definition) is 0. The summed E-state index contributed by atoms with van der Waals surface area (Å²) in [5.74, 6) is -2.02. The third-order valence-corrected chi connectivity index (χ3v) is 3.96. The molecule has 136 valence electrons. The molecule has 3 heterocycles. The molecule has 1 amide bonds. The molecule has 8 nitrogen and oxygen atoms in total. The van der Waals surface area contributed by atoms with Gasteiger partial charge in [0.15, 0.2) is 0 Å². The summed E-state index contributed by atoms with van der Waals surface area (Å²) in [4.78, 5) is 14.2. The first-order valence-electron chi connectivity index (χ1n) is 7.57. The zero-order chi connectivity index (χ0) is 18.2. The van der Waals surface area contributed by atoms with Crippen molar-refractivity contribution in [1.82, 2.24) is 24.9 Å². The number of alkyl halides is 3. The smallest absolute Gasteiger partial charge is 0.470 e. The first-order valence-corrected chi connectivity index (χ1v) is 7.57. The molecule has 0 N–H and O–H groups in total. The number of nitrogens with zero attached hydrogens (tertiary/aromatic N) is 5. The molecule has 11 heteroatoms. The molecule has 2 aromatic heterocycles. The molecule has 0 aromatic carbocycles. The summed E-state index contributed by atoms with van der Waals surface area (Å²) in [6, 6.07) is 0. The number of carbonyl (C=O) groups excluding carboxylic acids is 1. The van der Waals surface area contributed by atoms with E-state index in [4.69, 9.17) is 9.15 Å². The minimum absolute atomic E-state index is 0.108. The van der Waals surface area contributed by atoms with E-state index >= 15 is 0 Å². The molecule has 0 bridgehead atoms. The number of amides is 1. The third-order valence-electron chi connectivity index (χ3n) is 3.96. The Morgan fingerprint density at radius 2 is 2.16 bits per heavy atom. The van der Waals surface area contributed by atoms with Gasteiger partial charge in [0.2, 0.25) is 11.8 Å². The molecule has 2 aromatic rings. The molecule has 1 aliphatic rings. The molecule has 0 saturated carbocycles. The van der Waals surface area contributed by atoms with Crippen LogP contribution in [0.2, 0.25) is 0 Å². The van der Waals surface area contributed by atoms with Gasteiger partial charge in [-0.3, -0.25) is 9.48 Å². The fourth-order valence-corrected chi connectivity index (χ4v) is 2.81. The van der Waals surface area contributed by atoms with Crippen LogP contribution < -0.4 is 4.74 Å². The van der Waals surface area contributed by atoms with Crippen LogP contribution in [0, 0.1) is 0 Å². The van der Waals surface area contributed by atoms with E-state index in [0.717, 1.165) is 0 Å². The van der Waals surface area contributed by atoms with Gasteiger partial charge in [-0.1, -0.05) is 0 Å². The summed E-state index contributed by atoms with van der Waals surface area (Å²) < 4.78 is 49.1. The molecule has 1 fully saturated rings. The number of likely N-dealkylation sites (tertiary alicyclic amines) is 1. The van der Waals surface area contributed by atoms with Crippen molar-refractivity contribution in [1.29, 1.82) is 0 Å². The fourth-order valence-electron chi connectivity index (χ4n) is 2.81. The lowest BCUT2D eigenvalue weighted by Gasteiger charge is -2.30. The summed E-state index contributed by atoms with van der Waals surface area (Å²) in [5, 5.41) is 10.6. The average Bonchev–Trinajstić information content (AvgIpc) is 3.20. The van der Waals surface area contributed by atoms with Crippen LogP contribution in [0.15, 0.2) is 10.6 Å². The van der Waals surface area contributed by atoms with Crippen LogP contribution in [0.3, 0.4) is 0 Å². The first-order chi connectivity index (χ1) is 11.8. The molecule has 1 aliphatic heterocycles. The number of rotatable bonds is 3. The standard InChI is InChI=1S/C14H16F3N5O3/c1-21-7-9(11(20-21)24-2)12(23)22-5-3-4-8(6-22)10-18-19-13(25-10)14(15,16)17/h7-8H,3-6H2,1-2H3. The minimum Gasteiger partial charge on any atom is -0.479 e. The lowest BCUT2D eigenvalue weighted by atomic mass is 9.97. The maximum Gasteiger partial charge on any atom is 0.470 e. The van der Waals surface area contributed by atoms with Crippen molar-refractivity contribution in [2.75, 3.05) is 20.2 Å². The van der Waals surface area contributed by atoms with Crippen LogP contribution in [0.1, 0.15) is 40.9 Å². The van der Waals surface area contributed by atoms with E-state index < -0.39 is 18.0 Å². The summed E-state index contributed by atoms with van der Waals surface area (Å²) in [5.41, 5.74) is 0.298. The zero-order valence-electron chi connectivity index (χ0n) is 13.6. The minimum atomic E-state index is -4.68. The van der Waals surface area contributed by atoms with Crippen molar-refractivity contribution in [3.8, 4) is 5.88 Å². The molecular weight excluding hydrogens is 343 g/mol. The van der Waals surface area contributed by atoms with Gasteiger partial charge in [0, 0.05) is 26.3 Å². The number of aromatic nitrogens is 4. The predicted octanol–water partition coefficient (Wildman–Crippen LogP) is 1.85. The van der Waals surface area contributed by atoms with Crippen LogP contribution >= 0.6 is 0 Å². The highest BCUT2D eigenvalue weighted by atomic mass is 19.4. The SMILES string of the molecule is COc1nn(C)cc1C(=O)N1CCCC(c2nnc(C(F)(F)F)o2)C1. The summed E-state index contributed by atoms with van der Waals surface area (Å²) >= 11 is 0. The van der Waals surface area contributed by atoms with E-state index in [1.807, 2.05) is 0 Å². The lowest BCUT2D eigenvalue weighted by molar-refractivity contribution is -0.157. The topological polar surface area (TPSA) is 86.3 Å². The van der Waals surface area contributed by atoms with Crippen molar-refractivity contribution >= 4 is 5.91 Å². The number of methoxy groups -OCH3 is 1. The maximum atomic E-state index is 12.7. The van der Waals surface area contributed by atoms with Gasteiger partial charge in [-0.15, -0.1) is 15.3 Å². The van der Waals surface area contributed by atoms with Gasteiger partial charge in [0.25, 0.3) is 5.91 Å². The second-order valence-corrected chi connectivity index (χ2v) is 5.76. The lowest BCUT2D eigenvalue weighted by Crippen LogP contribution is -2.39. The molecule has 0 spiro atoms. The number of carbonyl (C=O) groups is 1. The molecule has 0 radical (unpaired) electrons. The number of ether oxygens (including phenoxy) is 1. The highest BCUT2D eigenvalue weighted by Gasteiger charge is 2.39. The van der Waals surface area contributed by atoms with Gasteiger partial charge in [-0.2, -0.15) is 13.2 Å².